The van der Waals surface area contributed by atoms with Crippen LogP contribution in [0.1, 0.15) is 45.7 Å². The molecule has 0 radical (unpaired) electrons. The minimum atomic E-state index is -1.02. The molecule has 0 spiro atoms. The predicted molar refractivity (Wildman–Crippen MR) is 107 cm³/mol. The summed E-state index contributed by atoms with van der Waals surface area (Å²) in [5.74, 6) is -1.08. The summed E-state index contributed by atoms with van der Waals surface area (Å²) in [5, 5.41) is 9.96. The summed E-state index contributed by atoms with van der Waals surface area (Å²) in [6.45, 7) is 2.24. The van der Waals surface area contributed by atoms with Gasteiger partial charge in [0.15, 0.2) is 21.9 Å². The Kier molecular flexibility index (Phi) is 7.20. The number of nitrogens with zero attached hydrogens (tertiary/aromatic N) is 3. The third kappa shape index (κ3) is 5.12. The van der Waals surface area contributed by atoms with Gasteiger partial charge in [0.25, 0.3) is 0 Å². The number of hydrogen-bond donors (Lipinski definition) is 2. The molecule has 3 heterocycles. The highest BCUT2D eigenvalue weighted by Gasteiger charge is 2.33. The van der Waals surface area contributed by atoms with Gasteiger partial charge in [0.1, 0.15) is 11.6 Å². The molecule has 1 aliphatic heterocycles. The molecule has 3 rings (SSSR count). The number of halogens is 2. The summed E-state index contributed by atoms with van der Waals surface area (Å²) in [7, 11) is 0. The molecule has 11 heteroatoms. The number of ether oxygens (including phenoxy) is 1. The highest BCUT2D eigenvalue weighted by molar-refractivity contribution is 7.17. The summed E-state index contributed by atoms with van der Waals surface area (Å²) < 4.78 is 18.4. The first-order valence-electron chi connectivity index (χ1n) is 9.32. The van der Waals surface area contributed by atoms with Crippen LogP contribution in [-0.2, 0) is 11.2 Å². The number of aromatic nitrogens is 3. The molecule has 0 bridgehead atoms. The monoisotopic (exact) mass is 444 g/mol. The van der Waals surface area contributed by atoms with Gasteiger partial charge in [0.2, 0.25) is 0 Å². The van der Waals surface area contributed by atoms with Crippen LogP contribution in [0.3, 0.4) is 0 Å². The normalized spacial score (nSPS) is 19.5. The Morgan fingerprint density at radius 1 is 1.52 bits per heavy atom. The van der Waals surface area contributed by atoms with Crippen molar-refractivity contribution in [3.05, 3.63) is 27.7 Å². The van der Waals surface area contributed by atoms with Crippen LogP contribution in [0.25, 0.3) is 0 Å². The van der Waals surface area contributed by atoms with Gasteiger partial charge >= 0.3 is 5.97 Å². The fourth-order valence-electron chi connectivity index (χ4n) is 3.36. The molecule has 0 unspecified atom stereocenters. The van der Waals surface area contributed by atoms with Crippen molar-refractivity contribution in [3.63, 3.8) is 0 Å². The topological polar surface area (TPSA) is 108 Å². The van der Waals surface area contributed by atoms with Gasteiger partial charge in [0.05, 0.1) is 24.6 Å². The third-order valence-corrected chi connectivity index (χ3v) is 6.23. The number of ketones is 1. The van der Waals surface area contributed by atoms with E-state index in [1.807, 2.05) is 11.8 Å². The Bertz CT molecular complexity index is 874. The zero-order valence-corrected chi connectivity index (χ0v) is 17.4. The number of anilines is 1. The Hall–Kier alpha value is -2.04. The molecular formula is C18H22ClFN4O4S. The van der Waals surface area contributed by atoms with Crippen molar-refractivity contribution in [2.24, 2.45) is 5.92 Å². The number of aryl methyl sites for hydroxylation is 1. The summed E-state index contributed by atoms with van der Waals surface area (Å²) >= 11 is 7.11. The molecule has 0 saturated carbocycles. The van der Waals surface area contributed by atoms with E-state index in [0.717, 1.165) is 11.3 Å². The number of aromatic amines is 1. The van der Waals surface area contributed by atoms with Crippen LogP contribution < -0.4 is 4.90 Å². The van der Waals surface area contributed by atoms with E-state index in [2.05, 4.69) is 15.0 Å². The van der Waals surface area contributed by atoms with Crippen LogP contribution in [0.4, 0.5) is 9.52 Å². The standard InChI is InChI=1S/C18H22ClFN4O4S/c1-2-11-15(19)23-16(22-11)12(25)7-10-3-5-24(9-13(10)28-6-4-20)18-21-8-14(29-18)17(26)27/h8,10,13H,2-7,9H2,1H3,(H,22,23)(H,26,27)/t10-,13-/m0/s1. The number of Topliss-reactive ketones (excluding diaryl/α,β-unsaturated/α-hetero) is 1. The Balaban J connectivity index is 1.69. The average Bonchev–Trinajstić information content (AvgIpc) is 3.34. The van der Waals surface area contributed by atoms with E-state index in [1.165, 1.54) is 6.20 Å². The smallest absolute Gasteiger partial charge is 0.347 e. The van der Waals surface area contributed by atoms with Crippen LogP contribution in [0, 0.1) is 5.92 Å². The SMILES string of the molecule is CCc1[nH]c(C(=O)C[C@@H]2CCN(c3ncc(C(=O)O)s3)C[C@@H]2OCCF)nc1Cl. The lowest BCUT2D eigenvalue weighted by atomic mass is 9.89. The second-order valence-corrected chi connectivity index (χ2v) is 8.11. The molecule has 0 aliphatic carbocycles. The number of hydrogen-bond acceptors (Lipinski definition) is 7. The van der Waals surface area contributed by atoms with Crippen LogP contribution in [-0.4, -0.2) is 64.3 Å². The predicted octanol–water partition coefficient (Wildman–Crippen LogP) is 3.23. The maximum absolute atomic E-state index is 12.7. The minimum Gasteiger partial charge on any atom is -0.477 e. The van der Waals surface area contributed by atoms with Gasteiger partial charge in [-0.25, -0.2) is 19.2 Å². The van der Waals surface area contributed by atoms with Crippen molar-refractivity contribution in [1.82, 2.24) is 15.0 Å². The van der Waals surface area contributed by atoms with E-state index >= 15 is 0 Å². The van der Waals surface area contributed by atoms with Crippen LogP contribution in [0.5, 0.6) is 0 Å². The molecule has 1 aliphatic rings. The van der Waals surface area contributed by atoms with E-state index in [1.54, 1.807) is 0 Å². The lowest BCUT2D eigenvalue weighted by Crippen LogP contribution is -2.46. The molecular weight excluding hydrogens is 423 g/mol. The van der Waals surface area contributed by atoms with Crippen molar-refractivity contribution >= 4 is 39.8 Å². The number of thiazole rings is 1. The quantitative estimate of drug-likeness (QED) is 0.571. The lowest BCUT2D eigenvalue weighted by molar-refractivity contribution is -0.00201. The van der Waals surface area contributed by atoms with E-state index in [0.29, 0.717) is 41.9 Å². The molecule has 0 amide bonds. The highest BCUT2D eigenvalue weighted by atomic mass is 35.5. The number of imidazole rings is 1. The summed E-state index contributed by atoms with van der Waals surface area (Å²) in [4.78, 5) is 37.1. The van der Waals surface area contributed by atoms with E-state index in [9.17, 15) is 14.0 Å². The number of alkyl halides is 1. The average molecular weight is 445 g/mol. The molecule has 2 atom stereocenters. The van der Waals surface area contributed by atoms with Crippen molar-refractivity contribution < 1.29 is 23.8 Å². The fourth-order valence-corrected chi connectivity index (χ4v) is 4.41. The van der Waals surface area contributed by atoms with Crippen molar-refractivity contribution in [3.8, 4) is 0 Å². The first kappa shape index (κ1) is 21.7. The van der Waals surface area contributed by atoms with Gasteiger partial charge in [-0.1, -0.05) is 29.9 Å². The second kappa shape index (κ2) is 9.64. The number of rotatable bonds is 9. The second-order valence-electron chi connectivity index (χ2n) is 6.74. The largest absolute Gasteiger partial charge is 0.477 e. The number of aromatic carboxylic acids is 1. The molecule has 1 fully saturated rings. The number of H-pyrrole nitrogens is 1. The van der Waals surface area contributed by atoms with Crippen molar-refractivity contribution in [1.29, 1.82) is 0 Å². The van der Waals surface area contributed by atoms with Gasteiger partial charge in [0, 0.05) is 19.5 Å². The molecule has 8 nitrogen and oxygen atoms in total. The maximum atomic E-state index is 12.7. The van der Waals surface area contributed by atoms with Gasteiger partial charge < -0.3 is 19.7 Å². The van der Waals surface area contributed by atoms with Crippen molar-refractivity contribution in [2.45, 2.75) is 32.3 Å². The van der Waals surface area contributed by atoms with Crippen LogP contribution >= 0.6 is 22.9 Å². The number of carbonyl (C=O) groups excluding carboxylic acids is 1. The van der Waals surface area contributed by atoms with Gasteiger partial charge in [-0.2, -0.15) is 0 Å². The first-order valence-corrected chi connectivity index (χ1v) is 10.5. The van der Waals surface area contributed by atoms with E-state index in [-0.39, 0.29) is 41.5 Å². The van der Waals surface area contributed by atoms with E-state index < -0.39 is 12.6 Å². The van der Waals surface area contributed by atoms with Crippen LogP contribution in [0.15, 0.2) is 6.20 Å². The molecule has 2 N–H and O–H groups in total. The zero-order chi connectivity index (χ0) is 21.0. The summed E-state index contributed by atoms with van der Waals surface area (Å²) in [5.41, 5.74) is 0.716. The number of piperidine rings is 1. The maximum Gasteiger partial charge on any atom is 0.347 e. The van der Waals surface area contributed by atoms with Gasteiger partial charge in [-0.05, 0) is 18.8 Å². The lowest BCUT2D eigenvalue weighted by Gasteiger charge is -2.38. The summed E-state index contributed by atoms with van der Waals surface area (Å²) in [6.07, 6.45) is 2.42. The van der Waals surface area contributed by atoms with Crippen molar-refractivity contribution in [2.75, 3.05) is 31.3 Å². The number of carboxylic acid groups (broad SMARTS) is 1. The van der Waals surface area contributed by atoms with Crippen LogP contribution in [0.2, 0.25) is 5.15 Å². The number of carboxylic acids is 1. The summed E-state index contributed by atoms with van der Waals surface area (Å²) in [6, 6.07) is 0. The number of carbonyl (C=O) groups is 2. The molecule has 158 valence electrons. The van der Waals surface area contributed by atoms with E-state index in [4.69, 9.17) is 21.4 Å². The Morgan fingerprint density at radius 3 is 2.93 bits per heavy atom. The Labute approximate surface area is 176 Å². The molecule has 2 aromatic heterocycles. The molecule has 2 aromatic rings. The third-order valence-electron chi connectivity index (χ3n) is 4.87. The molecule has 1 saturated heterocycles. The molecule has 29 heavy (non-hydrogen) atoms. The van der Waals surface area contributed by atoms with Gasteiger partial charge in [-0.15, -0.1) is 0 Å². The Morgan fingerprint density at radius 2 is 2.31 bits per heavy atom. The molecule has 0 aromatic carbocycles. The fraction of sp³-hybridized carbons (Fsp3) is 0.556. The van der Waals surface area contributed by atoms with Gasteiger partial charge in [-0.3, -0.25) is 4.79 Å². The first-order chi connectivity index (χ1) is 13.9. The number of nitrogens with one attached hydrogen (secondary N) is 1. The highest BCUT2D eigenvalue weighted by Crippen LogP contribution is 2.31. The minimum absolute atomic E-state index is 0.0615. The zero-order valence-electron chi connectivity index (χ0n) is 15.9.